The fraction of sp³-hybridized carbons (Fsp3) is 0.652. The van der Waals surface area contributed by atoms with E-state index in [9.17, 15) is 9.18 Å². The molecule has 1 fully saturated rings. The molecule has 1 amide bonds. The second-order valence-electron chi connectivity index (χ2n) is 8.40. The van der Waals surface area contributed by atoms with Gasteiger partial charge in [-0.1, -0.05) is 13.0 Å². The van der Waals surface area contributed by atoms with E-state index in [1.165, 1.54) is 6.07 Å². The van der Waals surface area contributed by atoms with Crippen molar-refractivity contribution < 1.29 is 9.18 Å². The lowest BCUT2D eigenvalue weighted by atomic mass is 10.1. The summed E-state index contributed by atoms with van der Waals surface area (Å²) >= 11 is 0. The number of amides is 1. The summed E-state index contributed by atoms with van der Waals surface area (Å²) in [5, 5.41) is 9.76. The number of nitrogens with zero attached hydrogens (tertiary/aromatic N) is 3. The molecule has 0 unspecified atom stereocenters. The van der Waals surface area contributed by atoms with Gasteiger partial charge >= 0.3 is 0 Å². The lowest BCUT2D eigenvalue weighted by Crippen LogP contribution is -2.50. The van der Waals surface area contributed by atoms with E-state index >= 15 is 0 Å². The third-order valence-corrected chi connectivity index (χ3v) is 5.23. The molecule has 0 bridgehead atoms. The van der Waals surface area contributed by atoms with Gasteiger partial charge in [0.1, 0.15) is 5.82 Å². The van der Waals surface area contributed by atoms with Gasteiger partial charge in [0.25, 0.3) is 0 Å². The number of nitrogens with one attached hydrogen (secondary N) is 3. The van der Waals surface area contributed by atoms with E-state index in [2.05, 4.69) is 27.8 Å². The highest BCUT2D eigenvalue weighted by atomic mass is 19.1. The van der Waals surface area contributed by atoms with Crippen molar-refractivity contribution in [3.63, 3.8) is 0 Å². The summed E-state index contributed by atoms with van der Waals surface area (Å²) in [5.74, 6) is 0.706. The molecule has 0 spiro atoms. The molecule has 0 atom stereocenters. The summed E-state index contributed by atoms with van der Waals surface area (Å²) in [4.78, 5) is 20.8. The predicted molar refractivity (Wildman–Crippen MR) is 125 cm³/mol. The molecule has 0 aliphatic carbocycles. The summed E-state index contributed by atoms with van der Waals surface area (Å²) in [6, 6.07) is 5.54. The highest BCUT2D eigenvalue weighted by Crippen LogP contribution is 2.14. The fourth-order valence-corrected chi connectivity index (χ4v) is 3.63. The molecule has 1 aromatic rings. The molecule has 0 saturated carbocycles. The van der Waals surface area contributed by atoms with Crippen LogP contribution in [0.5, 0.6) is 0 Å². The molecule has 174 valence electrons. The Hall–Kier alpha value is -2.19. The first-order valence-electron chi connectivity index (χ1n) is 11.4. The first kappa shape index (κ1) is 25.1. The van der Waals surface area contributed by atoms with Crippen LogP contribution in [-0.2, 0) is 17.9 Å². The van der Waals surface area contributed by atoms with Crippen LogP contribution in [0.3, 0.4) is 0 Å². The van der Waals surface area contributed by atoms with Crippen molar-refractivity contribution in [2.24, 2.45) is 4.99 Å². The number of likely N-dealkylation sites (tertiary alicyclic amines) is 1. The van der Waals surface area contributed by atoms with Crippen LogP contribution in [0, 0.1) is 5.82 Å². The molecule has 1 heterocycles. The first-order valence-corrected chi connectivity index (χ1v) is 11.4. The van der Waals surface area contributed by atoms with Gasteiger partial charge in [-0.15, -0.1) is 0 Å². The minimum absolute atomic E-state index is 0.107. The molecule has 1 aliphatic rings. The highest BCUT2D eigenvalue weighted by Gasteiger charge is 2.21. The number of halogens is 1. The average molecular weight is 435 g/mol. The Kier molecular flexibility index (Phi) is 10.7. The van der Waals surface area contributed by atoms with Gasteiger partial charge in [0.05, 0.1) is 13.1 Å². The van der Waals surface area contributed by atoms with Crippen LogP contribution in [-0.4, -0.2) is 74.5 Å². The number of hydrogen-bond acceptors (Lipinski definition) is 4. The van der Waals surface area contributed by atoms with Crippen LogP contribution in [0.1, 0.15) is 44.2 Å². The average Bonchev–Trinajstić information content (AvgIpc) is 2.73. The van der Waals surface area contributed by atoms with Crippen molar-refractivity contribution in [1.82, 2.24) is 25.8 Å². The number of carbonyl (C=O) groups is 1. The first-order chi connectivity index (χ1) is 14.9. The minimum Gasteiger partial charge on any atom is -0.357 e. The van der Waals surface area contributed by atoms with Crippen molar-refractivity contribution in [3.8, 4) is 0 Å². The molecule has 3 N–H and O–H groups in total. The van der Waals surface area contributed by atoms with Gasteiger partial charge in [0, 0.05) is 44.3 Å². The Morgan fingerprint density at radius 1 is 1.23 bits per heavy atom. The van der Waals surface area contributed by atoms with Crippen molar-refractivity contribution in [2.75, 3.05) is 46.8 Å². The van der Waals surface area contributed by atoms with E-state index in [0.717, 1.165) is 57.0 Å². The summed E-state index contributed by atoms with van der Waals surface area (Å²) < 4.78 is 14.0. The van der Waals surface area contributed by atoms with Crippen molar-refractivity contribution in [1.29, 1.82) is 0 Å². The number of aliphatic imine (C=N–C) groups is 1. The van der Waals surface area contributed by atoms with Crippen LogP contribution < -0.4 is 16.0 Å². The van der Waals surface area contributed by atoms with Crippen LogP contribution in [0.25, 0.3) is 0 Å². The summed E-state index contributed by atoms with van der Waals surface area (Å²) in [6.45, 7) is 8.93. The second-order valence-corrected chi connectivity index (χ2v) is 8.40. The van der Waals surface area contributed by atoms with Crippen LogP contribution in [0.4, 0.5) is 4.39 Å². The van der Waals surface area contributed by atoms with E-state index in [-0.39, 0.29) is 11.7 Å². The quantitative estimate of drug-likeness (QED) is 0.388. The van der Waals surface area contributed by atoms with Gasteiger partial charge in [-0.3, -0.25) is 9.69 Å². The zero-order chi connectivity index (χ0) is 22.6. The largest absolute Gasteiger partial charge is 0.357 e. The molecule has 1 saturated heterocycles. The van der Waals surface area contributed by atoms with Gasteiger partial charge in [0.15, 0.2) is 5.96 Å². The lowest BCUT2D eigenvalue weighted by Gasteiger charge is -2.32. The molecule has 8 heteroatoms. The van der Waals surface area contributed by atoms with Gasteiger partial charge in [-0.2, -0.15) is 0 Å². The zero-order valence-electron chi connectivity index (χ0n) is 19.5. The molecule has 2 rings (SSSR count). The number of hydrogen-bond donors (Lipinski definition) is 3. The number of rotatable bonds is 10. The molecule has 0 radical (unpaired) electrons. The predicted octanol–water partition coefficient (Wildman–Crippen LogP) is 1.93. The molecule has 31 heavy (non-hydrogen) atoms. The maximum Gasteiger partial charge on any atom is 0.234 e. The van der Waals surface area contributed by atoms with Gasteiger partial charge in [-0.05, 0) is 58.0 Å². The number of piperidine rings is 1. The Balaban J connectivity index is 1.87. The zero-order valence-corrected chi connectivity index (χ0v) is 19.5. The highest BCUT2D eigenvalue weighted by molar-refractivity contribution is 5.80. The maximum absolute atomic E-state index is 14.0. The molecule has 1 aliphatic heterocycles. The van der Waals surface area contributed by atoms with E-state index in [1.807, 2.05) is 32.0 Å². The maximum atomic E-state index is 14.0. The normalized spacial score (nSPS) is 15.9. The van der Waals surface area contributed by atoms with Gasteiger partial charge in [0.2, 0.25) is 5.91 Å². The van der Waals surface area contributed by atoms with E-state index in [4.69, 9.17) is 4.99 Å². The van der Waals surface area contributed by atoms with E-state index in [1.54, 1.807) is 6.07 Å². The molecule has 7 nitrogen and oxygen atoms in total. The number of guanidine groups is 1. The van der Waals surface area contributed by atoms with Crippen LogP contribution in [0.15, 0.2) is 23.2 Å². The second kappa shape index (κ2) is 13.3. The van der Waals surface area contributed by atoms with Crippen LogP contribution >= 0.6 is 0 Å². The van der Waals surface area contributed by atoms with Crippen molar-refractivity contribution in [2.45, 2.75) is 52.2 Å². The Morgan fingerprint density at radius 2 is 1.97 bits per heavy atom. The summed E-state index contributed by atoms with van der Waals surface area (Å²) in [5.41, 5.74) is 1.68. The minimum atomic E-state index is -0.179. The Labute approximate surface area is 186 Å². The van der Waals surface area contributed by atoms with E-state index < -0.39 is 0 Å². The lowest BCUT2D eigenvalue weighted by molar-refractivity contribution is -0.122. The molecule has 1 aromatic carbocycles. The molecule has 0 aromatic heterocycles. The molecular weight excluding hydrogens is 395 g/mol. The van der Waals surface area contributed by atoms with Crippen LogP contribution in [0.2, 0.25) is 0 Å². The standard InChI is InChI=1S/C23H39FN6O/c1-5-11-26-22(31)17-30-12-9-20(10-13-30)28-23(25-6-2)27-15-18-7-8-21(24)19(14-18)16-29(3)4/h7-8,14,20H,5-6,9-13,15-17H2,1-4H3,(H,26,31)(H2,25,27,28). The fourth-order valence-electron chi connectivity index (χ4n) is 3.63. The Morgan fingerprint density at radius 3 is 2.61 bits per heavy atom. The van der Waals surface area contributed by atoms with Crippen molar-refractivity contribution in [3.05, 3.63) is 35.1 Å². The van der Waals surface area contributed by atoms with Gasteiger partial charge < -0.3 is 20.9 Å². The van der Waals surface area contributed by atoms with E-state index in [0.29, 0.717) is 31.2 Å². The van der Waals surface area contributed by atoms with Gasteiger partial charge in [-0.25, -0.2) is 9.38 Å². The van der Waals surface area contributed by atoms with Crippen molar-refractivity contribution >= 4 is 11.9 Å². The SMILES string of the molecule is CCCNC(=O)CN1CCC(NC(=NCc2ccc(F)c(CN(C)C)c2)NCC)CC1. The monoisotopic (exact) mass is 434 g/mol. The molecular formula is C23H39FN6O. The number of benzene rings is 1. The Bertz CT molecular complexity index is 716. The topological polar surface area (TPSA) is 72.0 Å². The third kappa shape index (κ3) is 9.23. The number of carbonyl (C=O) groups excluding carboxylic acids is 1. The summed E-state index contributed by atoms with van der Waals surface area (Å²) in [6.07, 6.45) is 2.89. The summed E-state index contributed by atoms with van der Waals surface area (Å²) in [7, 11) is 3.86. The third-order valence-electron chi connectivity index (χ3n) is 5.23. The smallest absolute Gasteiger partial charge is 0.234 e.